The summed E-state index contributed by atoms with van der Waals surface area (Å²) in [5.74, 6) is 0.571. The first-order valence-corrected chi connectivity index (χ1v) is 8.12. The third-order valence-electron chi connectivity index (χ3n) is 3.42. The molecule has 2 rings (SSSR count). The molecule has 0 amide bonds. The molecule has 0 radical (unpaired) electrons. The fourth-order valence-corrected chi connectivity index (χ4v) is 3.44. The summed E-state index contributed by atoms with van der Waals surface area (Å²) in [5, 5.41) is 0. The molecule has 5 heteroatoms. The third kappa shape index (κ3) is 3.80. The maximum Gasteiger partial charge on any atom is 0.152 e. The number of hydrogen-bond donors (Lipinski definition) is 1. The van der Waals surface area contributed by atoms with Crippen LogP contribution in [-0.4, -0.2) is 44.5 Å². The van der Waals surface area contributed by atoms with Crippen molar-refractivity contribution in [2.45, 2.75) is 12.5 Å². The minimum absolute atomic E-state index is 0.0322. The van der Waals surface area contributed by atoms with E-state index in [0.29, 0.717) is 13.1 Å². The summed E-state index contributed by atoms with van der Waals surface area (Å²) in [7, 11) is -2.78. The molecule has 1 atom stereocenters. The number of hydrogen-bond acceptors (Lipinski definition) is 4. The molecule has 0 aromatic heterocycles. The van der Waals surface area contributed by atoms with E-state index < -0.39 is 9.84 Å². The first-order valence-electron chi connectivity index (χ1n) is 6.30. The van der Waals surface area contributed by atoms with Crippen LogP contribution in [0.15, 0.2) is 30.3 Å². The molecule has 0 aliphatic carbocycles. The van der Waals surface area contributed by atoms with Gasteiger partial charge in [-0.2, -0.15) is 0 Å². The van der Waals surface area contributed by atoms with Crippen molar-refractivity contribution in [1.82, 2.24) is 4.90 Å². The maximum atomic E-state index is 11.3. The summed E-state index contributed by atoms with van der Waals surface area (Å²) in [6, 6.07) is 10.1. The largest absolute Gasteiger partial charge is 0.324 e. The summed E-state index contributed by atoms with van der Waals surface area (Å²) < 4.78 is 22.6. The van der Waals surface area contributed by atoms with Crippen LogP contribution >= 0.6 is 0 Å². The Morgan fingerprint density at radius 2 is 1.78 bits per heavy atom. The molecule has 4 nitrogen and oxygen atoms in total. The molecule has 2 N–H and O–H groups in total. The monoisotopic (exact) mass is 268 g/mol. The number of nitrogens with two attached hydrogens (primary N) is 1. The predicted molar refractivity (Wildman–Crippen MR) is 73.1 cm³/mol. The maximum absolute atomic E-state index is 11.3. The van der Waals surface area contributed by atoms with E-state index in [9.17, 15) is 8.42 Å². The predicted octanol–water partition coefficient (Wildman–Crippen LogP) is 0.807. The molecule has 1 unspecified atom stereocenters. The van der Waals surface area contributed by atoms with Crippen LogP contribution in [-0.2, 0) is 9.84 Å². The van der Waals surface area contributed by atoms with E-state index in [0.717, 1.165) is 18.5 Å². The molecule has 1 aromatic carbocycles. The molecule has 100 valence electrons. The topological polar surface area (TPSA) is 63.4 Å². The van der Waals surface area contributed by atoms with Crippen molar-refractivity contribution in [2.75, 3.05) is 31.1 Å². The van der Waals surface area contributed by atoms with Gasteiger partial charge < -0.3 is 10.6 Å². The fraction of sp³-hybridized carbons (Fsp3) is 0.538. The van der Waals surface area contributed by atoms with Gasteiger partial charge in [0.05, 0.1) is 11.5 Å². The molecule has 0 bridgehead atoms. The highest BCUT2D eigenvalue weighted by atomic mass is 32.2. The van der Waals surface area contributed by atoms with Gasteiger partial charge in [0.25, 0.3) is 0 Å². The van der Waals surface area contributed by atoms with Gasteiger partial charge in [0, 0.05) is 25.7 Å². The van der Waals surface area contributed by atoms with Crippen LogP contribution in [0.3, 0.4) is 0 Å². The van der Waals surface area contributed by atoms with E-state index in [1.807, 2.05) is 30.3 Å². The van der Waals surface area contributed by atoms with Crippen LogP contribution < -0.4 is 5.73 Å². The highest BCUT2D eigenvalue weighted by Crippen LogP contribution is 2.14. The van der Waals surface area contributed by atoms with Gasteiger partial charge in [0.2, 0.25) is 0 Å². The van der Waals surface area contributed by atoms with Crippen molar-refractivity contribution < 1.29 is 8.42 Å². The van der Waals surface area contributed by atoms with Gasteiger partial charge in [-0.15, -0.1) is 0 Å². The van der Waals surface area contributed by atoms with E-state index in [2.05, 4.69) is 4.90 Å². The van der Waals surface area contributed by atoms with E-state index >= 15 is 0 Å². The Labute approximate surface area is 109 Å². The normalized spacial score (nSPS) is 21.6. The quantitative estimate of drug-likeness (QED) is 0.877. The van der Waals surface area contributed by atoms with Gasteiger partial charge in [-0.25, -0.2) is 8.42 Å². The van der Waals surface area contributed by atoms with Crippen LogP contribution in [0, 0.1) is 0 Å². The van der Waals surface area contributed by atoms with Gasteiger partial charge in [-0.05, 0) is 12.0 Å². The minimum atomic E-state index is -2.78. The Balaban J connectivity index is 1.79. The average molecular weight is 268 g/mol. The summed E-state index contributed by atoms with van der Waals surface area (Å²) in [6.07, 6.45) is 0.865. The second-order valence-electron chi connectivity index (χ2n) is 4.80. The van der Waals surface area contributed by atoms with Gasteiger partial charge in [-0.1, -0.05) is 30.3 Å². The van der Waals surface area contributed by atoms with Gasteiger partial charge in [0.15, 0.2) is 9.84 Å². The molecule has 1 fully saturated rings. The number of sulfone groups is 1. The van der Waals surface area contributed by atoms with Crippen molar-refractivity contribution in [2.24, 2.45) is 5.73 Å². The van der Waals surface area contributed by atoms with E-state index in [1.54, 1.807) is 0 Å². The Kier molecular flexibility index (Phi) is 4.37. The highest BCUT2D eigenvalue weighted by Gasteiger charge is 2.21. The Morgan fingerprint density at radius 1 is 1.17 bits per heavy atom. The molecule has 1 aliphatic rings. The smallest absolute Gasteiger partial charge is 0.152 e. The molecule has 0 saturated carbocycles. The Hall–Kier alpha value is -0.910. The number of benzene rings is 1. The van der Waals surface area contributed by atoms with E-state index in [-0.39, 0.29) is 17.5 Å². The van der Waals surface area contributed by atoms with Gasteiger partial charge >= 0.3 is 0 Å². The molecule has 0 spiro atoms. The number of nitrogens with zero attached hydrogens (tertiary/aromatic N) is 1. The lowest BCUT2D eigenvalue weighted by Crippen LogP contribution is -2.41. The summed E-state index contributed by atoms with van der Waals surface area (Å²) >= 11 is 0. The van der Waals surface area contributed by atoms with Crippen LogP contribution in [0.1, 0.15) is 18.0 Å². The molecular formula is C13H20N2O2S. The van der Waals surface area contributed by atoms with Crippen molar-refractivity contribution >= 4 is 9.84 Å². The zero-order chi connectivity index (χ0) is 13.0. The highest BCUT2D eigenvalue weighted by molar-refractivity contribution is 7.91. The van der Waals surface area contributed by atoms with Crippen LogP contribution in [0.4, 0.5) is 0 Å². The summed E-state index contributed by atoms with van der Waals surface area (Å²) in [5.41, 5.74) is 7.26. The lowest BCUT2D eigenvalue weighted by molar-refractivity contribution is 0.283. The van der Waals surface area contributed by atoms with Crippen LogP contribution in [0.25, 0.3) is 0 Å². The van der Waals surface area contributed by atoms with E-state index in [1.165, 1.54) is 0 Å². The first kappa shape index (κ1) is 13.5. The van der Waals surface area contributed by atoms with Crippen molar-refractivity contribution in [3.05, 3.63) is 35.9 Å². The SMILES string of the molecule is NC(CCN1CCS(=O)(=O)CC1)c1ccccc1. The standard InChI is InChI=1S/C13H20N2O2S/c14-13(12-4-2-1-3-5-12)6-7-15-8-10-18(16,17)11-9-15/h1-5,13H,6-11,14H2. The average Bonchev–Trinajstić information content (AvgIpc) is 2.38. The third-order valence-corrected chi connectivity index (χ3v) is 5.03. The van der Waals surface area contributed by atoms with Crippen molar-refractivity contribution in [3.8, 4) is 0 Å². The Bertz CT molecular complexity index is 459. The molecule has 1 aliphatic heterocycles. The zero-order valence-electron chi connectivity index (χ0n) is 10.5. The van der Waals surface area contributed by atoms with E-state index in [4.69, 9.17) is 5.73 Å². The lowest BCUT2D eigenvalue weighted by Gasteiger charge is -2.27. The minimum Gasteiger partial charge on any atom is -0.324 e. The van der Waals surface area contributed by atoms with Gasteiger partial charge in [0.1, 0.15) is 0 Å². The Morgan fingerprint density at radius 3 is 2.39 bits per heavy atom. The molecule has 1 saturated heterocycles. The first-order chi connectivity index (χ1) is 8.57. The second-order valence-corrected chi connectivity index (χ2v) is 7.10. The van der Waals surface area contributed by atoms with Crippen molar-refractivity contribution in [1.29, 1.82) is 0 Å². The molecule has 18 heavy (non-hydrogen) atoms. The van der Waals surface area contributed by atoms with Crippen molar-refractivity contribution in [3.63, 3.8) is 0 Å². The molecule has 1 aromatic rings. The lowest BCUT2D eigenvalue weighted by atomic mass is 10.0. The number of rotatable bonds is 4. The zero-order valence-corrected chi connectivity index (χ0v) is 11.3. The van der Waals surface area contributed by atoms with Crippen LogP contribution in [0.2, 0.25) is 0 Å². The summed E-state index contributed by atoms with van der Waals surface area (Å²) in [6.45, 7) is 2.15. The van der Waals surface area contributed by atoms with Gasteiger partial charge in [-0.3, -0.25) is 0 Å². The molecular weight excluding hydrogens is 248 g/mol. The van der Waals surface area contributed by atoms with Crippen LogP contribution in [0.5, 0.6) is 0 Å². The fourth-order valence-electron chi connectivity index (χ4n) is 2.16. The summed E-state index contributed by atoms with van der Waals surface area (Å²) in [4.78, 5) is 2.18. The second kappa shape index (κ2) is 5.82. The molecule has 1 heterocycles.